The Hall–Kier alpha value is -1.91. The van der Waals surface area contributed by atoms with Crippen LogP contribution in [0, 0.1) is 16.7 Å². The van der Waals surface area contributed by atoms with Crippen LogP contribution in [0.15, 0.2) is 12.4 Å². The van der Waals surface area contributed by atoms with Gasteiger partial charge in [-0.1, -0.05) is 0 Å². The fourth-order valence-electron chi connectivity index (χ4n) is 2.10. The first-order chi connectivity index (χ1) is 9.70. The minimum absolute atomic E-state index is 0.283. The molecule has 0 atom stereocenters. The van der Waals surface area contributed by atoms with Crippen LogP contribution in [0.25, 0.3) is 0 Å². The highest BCUT2D eigenvalue weighted by molar-refractivity contribution is 5.97. The van der Waals surface area contributed by atoms with Crippen molar-refractivity contribution in [1.82, 2.24) is 9.78 Å². The first-order valence-corrected chi connectivity index (χ1v) is 6.52. The topological polar surface area (TPSA) is 89.2 Å². The molecule has 0 aromatic carbocycles. The normalized spacial score (nSPS) is 17.4. The molecule has 0 saturated carbocycles. The third-order valence-electron chi connectivity index (χ3n) is 3.41. The summed E-state index contributed by atoms with van der Waals surface area (Å²) < 4.78 is 11.9. The van der Waals surface area contributed by atoms with Crippen molar-refractivity contribution in [3.63, 3.8) is 0 Å². The number of hydrogen-bond acceptors (Lipinski definition) is 5. The summed E-state index contributed by atoms with van der Waals surface area (Å²) in [6.07, 6.45) is 4.14. The minimum Gasteiger partial charge on any atom is -0.383 e. The molecule has 0 spiro atoms. The van der Waals surface area contributed by atoms with Gasteiger partial charge in [-0.25, -0.2) is 0 Å². The molecule has 0 radical (unpaired) electrons. The van der Waals surface area contributed by atoms with Crippen LogP contribution in [0.4, 0.5) is 5.69 Å². The largest absolute Gasteiger partial charge is 0.383 e. The van der Waals surface area contributed by atoms with Crippen molar-refractivity contribution in [2.45, 2.75) is 19.4 Å². The molecule has 1 saturated heterocycles. The van der Waals surface area contributed by atoms with Gasteiger partial charge in [0.25, 0.3) is 0 Å². The number of hydrogen-bond donors (Lipinski definition) is 1. The Morgan fingerprint density at radius 1 is 1.65 bits per heavy atom. The Balaban J connectivity index is 1.99. The highest BCUT2D eigenvalue weighted by Crippen LogP contribution is 2.31. The number of ether oxygens (including phenoxy) is 2. The van der Waals surface area contributed by atoms with Crippen LogP contribution in [0.1, 0.15) is 12.8 Å². The first-order valence-electron chi connectivity index (χ1n) is 6.52. The number of nitriles is 1. The zero-order chi connectivity index (χ0) is 14.4. The van der Waals surface area contributed by atoms with E-state index in [4.69, 9.17) is 9.47 Å². The molecule has 1 aliphatic rings. The van der Waals surface area contributed by atoms with Gasteiger partial charge in [-0.2, -0.15) is 10.4 Å². The van der Waals surface area contributed by atoms with Gasteiger partial charge in [0, 0.05) is 26.5 Å². The van der Waals surface area contributed by atoms with Gasteiger partial charge in [0.15, 0.2) is 0 Å². The van der Waals surface area contributed by atoms with Gasteiger partial charge >= 0.3 is 0 Å². The number of aromatic nitrogens is 2. The SMILES string of the molecule is COCCn1cc(NC(=O)C2(C#N)CCOCC2)cn1. The number of methoxy groups -OCH3 is 1. The van der Waals surface area contributed by atoms with E-state index in [1.165, 1.54) is 0 Å². The number of carbonyl (C=O) groups excluding carboxylic acids is 1. The maximum atomic E-state index is 12.3. The van der Waals surface area contributed by atoms with E-state index in [2.05, 4.69) is 16.5 Å². The standard InChI is InChI=1S/C13H18N4O3/c1-19-7-4-17-9-11(8-15-17)16-12(18)13(10-14)2-5-20-6-3-13/h8-9H,2-7H2,1H3,(H,16,18). The van der Waals surface area contributed by atoms with Crippen molar-refractivity contribution < 1.29 is 14.3 Å². The summed E-state index contributed by atoms with van der Waals surface area (Å²) in [7, 11) is 1.62. The van der Waals surface area contributed by atoms with Crippen LogP contribution in [-0.4, -0.2) is 42.6 Å². The molecule has 1 N–H and O–H groups in total. The number of rotatable bonds is 5. The van der Waals surface area contributed by atoms with E-state index in [9.17, 15) is 10.1 Å². The average molecular weight is 278 g/mol. The van der Waals surface area contributed by atoms with E-state index in [0.717, 1.165) is 0 Å². The molecule has 1 aromatic heterocycles. The summed E-state index contributed by atoms with van der Waals surface area (Å²) >= 11 is 0. The second-order valence-corrected chi connectivity index (χ2v) is 4.75. The van der Waals surface area contributed by atoms with Gasteiger partial charge in [-0.05, 0) is 12.8 Å². The molecule has 7 heteroatoms. The van der Waals surface area contributed by atoms with Crippen LogP contribution >= 0.6 is 0 Å². The summed E-state index contributed by atoms with van der Waals surface area (Å²) in [6.45, 7) is 2.04. The van der Waals surface area contributed by atoms with E-state index >= 15 is 0 Å². The van der Waals surface area contributed by atoms with E-state index in [1.54, 1.807) is 24.2 Å². The molecule has 2 heterocycles. The molecule has 108 valence electrons. The third kappa shape index (κ3) is 3.15. The van der Waals surface area contributed by atoms with E-state index in [-0.39, 0.29) is 5.91 Å². The maximum absolute atomic E-state index is 12.3. The fourth-order valence-corrected chi connectivity index (χ4v) is 2.10. The lowest BCUT2D eigenvalue weighted by Crippen LogP contribution is -2.39. The van der Waals surface area contributed by atoms with Crippen LogP contribution in [0.5, 0.6) is 0 Å². The summed E-state index contributed by atoms with van der Waals surface area (Å²) in [4.78, 5) is 12.3. The summed E-state index contributed by atoms with van der Waals surface area (Å²) in [5, 5.41) is 16.2. The molecule has 1 aliphatic heterocycles. The summed E-state index contributed by atoms with van der Waals surface area (Å²) in [6, 6.07) is 2.14. The van der Waals surface area contributed by atoms with Gasteiger partial charge in [-0.3, -0.25) is 9.48 Å². The minimum atomic E-state index is -0.993. The highest BCUT2D eigenvalue weighted by atomic mass is 16.5. The van der Waals surface area contributed by atoms with E-state index < -0.39 is 5.41 Å². The first kappa shape index (κ1) is 14.5. The molecule has 20 heavy (non-hydrogen) atoms. The molecule has 7 nitrogen and oxygen atoms in total. The molecule has 0 aliphatic carbocycles. The van der Waals surface area contributed by atoms with Crippen molar-refractivity contribution in [3.05, 3.63) is 12.4 Å². The quantitative estimate of drug-likeness (QED) is 0.860. The van der Waals surface area contributed by atoms with Gasteiger partial charge in [-0.15, -0.1) is 0 Å². The lowest BCUT2D eigenvalue weighted by atomic mass is 9.81. The van der Waals surface area contributed by atoms with Crippen molar-refractivity contribution in [2.24, 2.45) is 5.41 Å². The lowest BCUT2D eigenvalue weighted by molar-refractivity contribution is -0.126. The van der Waals surface area contributed by atoms with Crippen molar-refractivity contribution in [1.29, 1.82) is 5.26 Å². The molecule has 1 amide bonds. The molecular weight excluding hydrogens is 260 g/mol. The van der Waals surface area contributed by atoms with Crippen molar-refractivity contribution >= 4 is 11.6 Å². The number of nitrogens with zero attached hydrogens (tertiary/aromatic N) is 3. The average Bonchev–Trinajstić information content (AvgIpc) is 2.93. The maximum Gasteiger partial charge on any atom is 0.245 e. The fraction of sp³-hybridized carbons (Fsp3) is 0.615. The zero-order valence-electron chi connectivity index (χ0n) is 11.5. The molecule has 1 fully saturated rings. The van der Waals surface area contributed by atoms with Gasteiger partial charge in [0.05, 0.1) is 31.1 Å². The highest BCUT2D eigenvalue weighted by Gasteiger charge is 2.40. The van der Waals surface area contributed by atoms with Crippen LogP contribution in [0.3, 0.4) is 0 Å². The second kappa shape index (κ2) is 6.50. The van der Waals surface area contributed by atoms with Gasteiger partial charge < -0.3 is 14.8 Å². The van der Waals surface area contributed by atoms with Gasteiger partial charge in [0.2, 0.25) is 5.91 Å². The van der Waals surface area contributed by atoms with Crippen LogP contribution < -0.4 is 5.32 Å². The monoisotopic (exact) mass is 278 g/mol. The van der Waals surface area contributed by atoms with E-state index in [1.807, 2.05) is 0 Å². The van der Waals surface area contributed by atoms with E-state index in [0.29, 0.717) is 44.9 Å². The smallest absolute Gasteiger partial charge is 0.245 e. The summed E-state index contributed by atoms with van der Waals surface area (Å²) in [5.41, 5.74) is -0.403. The number of anilines is 1. The van der Waals surface area contributed by atoms with Crippen molar-refractivity contribution in [2.75, 3.05) is 32.2 Å². The second-order valence-electron chi connectivity index (χ2n) is 4.75. The molecular formula is C13H18N4O3. The lowest BCUT2D eigenvalue weighted by Gasteiger charge is -2.28. The summed E-state index contributed by atoms with van der Waals surface area (Å²) in [5.74, 6) is -0.283. The molecule has 1 aromatic rings. The number of amides is 1. The van der Waals surface area contributed by atoms with Crippen LogP contribution in [-0.2, 0) is 20.8 Å². The Bertz CT molecular complexity index is 500. The molecule has 0 unspecified atom stereocenters. The van der Waals surface area contributed by atoms with Crippen molar-refractivity contribution in [3.8, 4) is 6.07 Å². The molecule has 0 bridgehead atoms. The third-order valence-corrected chi connectivity index (χ3v) is 3.41. The predicted octanol–water partition coefficient (Wildman–Crippen LogP) is 0.788. The predicted molar refractivity (Wildman–Crippen MR) is 70.8 cm³/mol. The Morgan fingerprint density at radius 3 is 3.05 bits per heavy atom. The number of nitrogens with one attached hydrogen (secondary N) is 1. The molecule has 2 rings (SSSR count). The number of carbonyl (C=O) groups is 1. The Morgan fingerprint density at radius 2 is 2.40 bits per heavy atom. The zero-order valence-corrected chi connectivity index (χ0v) is 11.5. The van der Waals surface area contributed by atoms with Gasteiger partial charge in [0.1, 0.15) is 5.41 Å². The Kier molecular flexibility index (Phi) is 4.71. The van der Waals surface area contributed by atoms with Crippen LogP contribution in [0.2, 0.25) is 0 Å². The Labute approximate surface area is 117 Å².